The van der Waals surface area contributed by atoms with Crippen molar-refractivity contribution in [3.05, 3.63) is 0 Å². The molecule has 0 amide bonds. The summed E-state index contributed by atoms with van der Waals surface area (Å²) in [7, 11) is 0. The molecule has 3 heteroatoms. The Balaban J connectivity index is 2.08. The largest absolute Gasteiger partial charge is 0.350 e. The Morgan fingerprint density at radius 1 is 1.06 bits per heavy atom. The lowest BCUT2D eigenvalue weighted by molar-refractivity contribution is -0.0531. The number of hydrogen-bond donors (Lipinski definition) is 1. The first-order valence-electron chi connectivity index (χ1n) is 7.33. The maximum Gasteiger partial charge on any atom is 0.159 e. The molecular weight excluding hydrogens is 214 g/mol. The summed E-state index contributed by atoms with van der Waals surface area (Å²) in [5.41, 5.74) is 0. The first-order valence-corrected chi connectivity index (χ1v) is 7.33. The Bertz CT molecular complexity index is 170. The highest BCUT2D eigenvalue weighted by atomic mass is 16.7. The SMILES string of the molecule is CCCCCCCC(CC1OCCO1)NCC. The molecular formula is C14H29NO2. The minimum absolute atomic E-state index is 0.0368. The van der Waals surface area contributed by atoms with Crippen LogP contribution in [0.3, 0.4) is 0 Å². The van der Waals surface area contributed by atoms with Gasteiger partial charge in [-0.15, -0.1) is 0 Å². The molecule has 0 aromatic carbocycles. The third kappa shape index (κ3) is 7.02. The summed E-state index contributed by atoms with van der Waals surface area (Å²) in [6, 6.07) is 0.560. The van der Waals surface area contributed by atoms with Gasteiger partial charge in [0.15, 0.2) is 6.29 Å². The molecule has 1 atom stereocenters. The molecule has 0 aliphatic carbocycles. The van der Waals surface area contributed by atoms with E-state index in [0.717, 1.165) is 26.2 Å². The minimum Gasteiger partial charge on any atom is -0.350 e. The number of hydrogen-bond acceptors (Lipinski definition) is 3. The van der Waals surface area contributed by atoms with Crippen LogP contribution in [-0.2, 0) is 9.47 Å². The van der Waals surface area contributed by atoms with E-state index in [9.17, 15) is 0 Å². The van der Waals surface area contributed by atoms with E-state index in [1.54, 1.807) is 0 Å². The lowest BCUT2D eigenvalue weighted by atomic mass is 10.0. The Labute approximate surface area is 106 Å². The van der Waals surface area contributed by atoms with E-state index < -0.39 is 0 Å². The van der Waals surface area contributed by atoms with Crippen LogP contribution in [-0.4, -0.2) is 32.1 Å². The zero-order chi connectivity index (χ0) is 12.3. The zero-order valence-electron chi connectivity index (χ0n) is 11.5. The molecule has 0 aromatic rings. The van der Waals surface area contributed by atoms with Crippen molar-refractivity contribution in [3.8, 4) is 0 Å². The van der Waals surface area contributed by atoms with Crippen LogP contribution >= 0.6 is 0 Å². The molecule has 1 aliphatic heterocycles. The minimum atomic E-state index is 0.0368. The van der Waals surface area contributed by atoms with Gasteiger partial charge in [0.1, 0.15) is 0 Å². The molecule has 0 spiro atoms. The van der Waals surface area contributed by atoms with Crippen LogP contribution < -0.4 is 5.32 Å². The number of unbranched alkanes of at least 4 members (excludes halogenated alkanes) is 4. The van der Waals surface area contributed by atoms with Gasteiger partial charge < -0.3 is 14.8 Å². The molecule has 1 N–H and O–H groups in total. The van der Waals surface area contributed by atoms with Gasteiger partial charge in [-0.25, -0.2) is 0 Å². The quantitative estimate of drug-likeness (QED) is 0.598. The van der Waals surface area contributed by atoms with Crippen LogP contribution in [0.1, 0.15) is 58.8 Å². The van der Waals surface area contributed by atoms with Gasteiger partial charge in [-0.1, -0.05) is 46.0 Å². The molecule has 1 aliphatic rings. The first kappa shape index (κ1) is 14.9. The first-order chi connectivity index (χ1) is 8.36. The molecule has 0 radical (unpaired) electrons. The van der Waals surface area contributed by atoms with Crippen LogP contribution in [0.25, 0.3) is 0 Å². The van der Waals surface area contributed by atoms with Crippen LogP contribution in [0.2, 0.25) is 0 Å². The third-order valence-corrected chi connectivity index (χ3v) is 3.32. The highest BCUT2D eigenvalue weighted by molar-refractivity contribution is 4.69. The monoisotopic (exact) mass is 243 g/mol. The highest BCUT2D eigenvalue weighted by Crippen LogP contribution is 2.15. The predicted octanol–water partition coefficient (Wildman–Crippen LogP) is 3.09. The second-order valence-electron chi connectivity index (χ2n) is 4.86. The molecule has 1 rings (SSSR count). The van der Waals surface area contributed by atoms with Crippen LogP contribution in [0.5, 0.6) is 0 Å². The molecule has 0 aromatic heterocycles. The number of ether oxygens (including phenoxy) is 2. The molecule has 3 nitrogen and oxygen atoms in total. The number of nitrogens with one attached hydrogen (secondary N) is 1. The van der Waals surface area contributed by atoms with E-state index >= 15 is 0 Å². The van der Waals surface area contributed by atoms with E-state index in [1.165, 1.54) is 38.5 Å². The van der Waals surface area contributed by atoms with Gasteiger partial charge in [0, 0.05) is 12.5 Å². The Kier molecular flexibility index (Phi) is 8.67. The van der Waals surface area contributed by atoms with Crippen LogP contribution in [0.4, 0.5) is 0 Å². The molecule has 1 unspecified atom stereocenters. The molecule has 17 heavy (non-hydrogen) atoms. The van der Waals surface area contributed by atoms with E-state index in [-0.39, 0.29) is 6.29 Å². The maximum atomic E-state index is 5.51. The van der Waals surface area contributed by atoms with Crippen molar-refractivity contribution >= 4 is 0 Å². The van der Waals surface area contributed by atoms with Crippen molar-refractivity contribution in [1.29, 1.82) is 0 Å². The second kappa shape index (κ2) is 9.86. The molecule has 102 valence electrons. The topological polar surface area (TPSA) is 30.5 Å². The van der Waals surface area contributed by atoms with Crippen molar-refractivity contribution in [3.63, 3.8) is 0 Å². The van der Waals surface area contributed by atoms with Crippen LogP contribution in [0, 0.1) is 0 Å². The standard InChI is InChI=1S/C14H29NO2/c1-3-5-6-7-8-9-13(15-4-2)12-14-16-10-11-17-14/h13-15H,3-12H2,1-2H3. The summed E-state index contributed by atoms with van der Waals surface area (Å²) in [6.07, 6.45) is 9.05. The second-order valence-corrected chi connectivity index (χ2v) is 4.86. The van der Waals surface area contributed by atoms with Crippen molar-refractivity contribution in [2.75, 3.05) is 19.8 Å². The predicted molar refractivity (Wildman–Crippen MR) is 71.1 cm³/mol. The Morgan fingerprint density at radius 2 is 1.76 bits per heavy atom. The smallest absolute Gasteiger partial charge is 0.159 e. The average Bonchev–Trinajstić information content (AvgIpc) is 2.82. The van der Waals surface area contributed by atoms with E-state index in [4.69, 9.17) is 9.47 Å². The highest BCUT2D eigenvalue weighted by Gasteiger charge is 2.20. The van der Waals surface area contributed by atoms with Crippen molar-refractivity contribution < 1.29 is 9.47 Å². The van der Waals surface area contributed by atoms with Crippen molar-refractivity contribution in [2.45, 2.75) is 71.1 Å². The van der Waals surface area contributed by atoms with Gasteiger partial charge in [-0.2, -0.15) is 0 Å². The summed E-state index contributed by atoms with van der Waals surface area (Å²) in [5.74, 6) is 0. The van der Waals surface area contributed by atoms with Gasteiger partial charge >= 0.3 is 0 Å². The lowest BCUT2D eigenvalue weighted by Crippen LogP contribution is -2.33. The van der Waals surface area contributed by atoms with Gasteiger partial charge in [-0.3, -0.25) is 0 Å². The van der Waals surface area contributed by atoms with Crippen molar-refractivity contribution in [2.24, 2.45) is 0 Å². The van der Waals surface area contributed by atoms with E-state index in [0.29, 0.717) is 6.04 Å². The average molecular weight is 243 g/mol. The fourth-order valence-corrected chi connectivity index (χ4v) is 2.36. The van der Waals surface area contributed by atoms with E-state index in [2.05, 4.69) is 19.2 Å². The zero-order valence-corrected chi connectivity index (χ0v) is 11.5. The fourth-order valence-electron chi connectivity index (χ4n) is 2.36. The molecule has 0 bridgehead atoms. The summed E-state index contributed by atoms with van der Waals surface area (Å²) in [6.45, 7) is 6.99. The van der Waals surface area contributed by atoms with Gasteiger partial charge in [0.2, 0.25) is 0 Å². The van der Waals surface area contributed by atoms with Crippen LogP contribution in [0.15, 0.2) is 0 Å². The fraction of sp³-hybridized carbons (Fsp3) is 1.00. The summed E-state index contributed by atoms with van der Waals surface area (Å²) in [4.78, 5) is 0. The van der Waals surface area contributed by atoms with Gasteiger partial charge in [-0.05, 0) is 13.0 Å². The molecule has 0 saturated carbocycles. The number of rotatable bonds is 10. The summed E-state index contributed by atoms with van der Waals surface area (Å²) < 4.78 is 11.0. The maximum absolute atomic E-state index is 5.51. The molecule has 1 heterocycles. The van der Waals surface area contributed by atoms with E-state index in [1.807, 2.05) is 0 Å². The van der Waals surface area contributed by atoms with Crippen molar-refractivity contribution in [1.82, 2.24) is 5.32 Å². The Hall–Kier alpha value is -0.120. The Morgan fingerprint density at radius 3 is 2.41 bits per heavy atom. The summed E-state index contributed by atoms with van der Waals surface area (Å²) >= 11 is 0. The normalized spacial score (nSPS) is 18.7. The molecule has 1 saturated heterocycles. The lowest BCUT2D eigenvalue weighted by Gasteiger charge is -2.20. The van der Waals surface area contributed by atoms with Gasteiger partial charge in [0.25, 0.3) is 0 Å². The van der Waals surface area contributed by atoms with Gasteiger partial charge in [0.05, 0.1) is 13.2 Å². The third-order valence-electron chi connectivity index (χ3n) is 3.32. The molecule has 1 fully saturated rings. The summed E-state index contributed by atoms with van der Waals surface area (Å²) in [5, 5.41) is 3.54.